The minimum Gasteiger partial charge on any atom is -0.383 e. The molecule has 6 heteroatoms. The van der Waals surface area contributed by atoms with Crippen LogP contribution in [0.2, 0.25) is 0 Å². The van der Waals surface area contributed by atoms with Gasteiger partial charge in [0.25, 0.3) is 0 Å². The van der Waals surface area contributed by atoms with Crippen LogP contribution < -0.4 is 10.5 Å². The van der Waals surface area contributed by atoms with Gasteiger partial charge in [0.1, 0.15) is 0 Å². The third-order valence-corrected chi connectivity index (χ3v) is 7.41. The molecule has 0 unspecified atom stereocenters. The molecule has 0 amide bonds. The number of sulfonamides is 1. The van der Waals surface area contributed by atoms with Crippen molar-refractivity contribution in [1.29, 1.82) is 0 Å². The van der Waals surface area contributed by atoms with Gasteiger partial charge in [0.15, 0.2) is 0 Å². The van der Waals surface area contributed by atoms with Crippen molar-refractivity contribution in [2.24, 2.45) is 5.14 Å². The summed E-state index contributed by atoms with van der Waals surface area (Å²) in [4.78, 5) is 0.182. The van der Waals surface area contributed by atoms with Crippen molar-refractivity contribution in [2.75, 3.05) is 11.9 Å². The van der Waals surface area contributed by atoms with E-state index >= 15 is 0 Å². The zero-order valence-electron chi connectivity index (χ0n) is 16.7. The second-order valence-corrected chi connectivity index (χ2v) is 10.0. The average Bonchev–Trinajstić information content (AvgIpc) is 2.90. The van der Waals surface area contributed by atoms with Gasteiger partial charge in [0, 0.05) is 29.7 Å². The summed E-state index contributed by atoms with van der Waals surface area (Å²) in [6.07, 6.45) is 6.20. The number of hydrogen-bond acceptors (Lipinski definition) is 3. The van der Waals surface area contributed by atoms with E-state index in [4.69, 9.17) is 5.14 Å². The van der Waals surface area contributed by atoms with Gasteiger partial charge in [-0.3, -0.25) is 0 Å². The highest BCUT2D eigenvalue weighted by molar-refractivity contribution is 7.89. The fraction of sp³-hybridized carbons (Fsp3) is 0.391. The Kier molecular flexibility index (Phi) is 4.44. The van der Waals surface area contributed by atoms with Crippen LogP contribution in [-0.2, 0) is 16.6 Å². The topological polar surface area (TPSA) is 77.1 Å². The van der Waals surface area contributed by atoms with E-state index in [9.17, 15) is 8.42 Å². The van der Waals surface area contributed by atoms with Crippen LogP contribution in [0.3, 0.4) is 0 Å². The van der Waals surface area contributed by atoms with E-state index in [0.29, 0.717) is 5.92 Å². The Labute approximate surface area is 172 Å². The Morgan fingerprint density at radius 1 is 1.07 bits per heavy atom. The van der Waals surface area contributed by atoms with Gasteiger partial charge < -0.3 is 9.88 Å². The highest BCUT2D eigenvalue weighted by atomic mass is 32.2. The predicted octanol–water partition coefficient (Wildman–Crippen LogP) is 4.74. The van der Waals surface area contributed by atoms with Gasteiger partial charge in [-0.1, -0.05) is 37.5 Å². The lowest BCUT2D eigenvalue weighted by Crippen LogP contribution is -2.12. The molecule has 0 radical (unpaired) electrons. The highest BCUT2D eigenvalue weighted by Gasteiger charge is 2.29. The quantitative estimate of drug-likeness (QED) is 0.642. The van der Waals surface area contributed by atoms with Gasteiger partial charge in [0.05, 0.1) is 16.1 Å². The van der Waals surface area contributed by atoms with Crippen molar-refractivity contribution >= 4 is 26.6 Å². The number of aryl methyl sites for hydroxylation is 1. The minimum atomic E-state index is -3.74. The molecule has 1 saturated carbocycles. The Balaban J connectivity index is 1.85. The molecule has 1 aliphatic heterocycles. The van der Waals surface area contributed by atoms with Gasteiger partial charge in [-0.05, 0) is 55.0 Å². The fourth-order valence-corrected chi connectivity index (χ4v) is 5.71. The number of nitrogens with one attached hydrogen (secondary N) is 1. The molecule has 5 rings (SSSR count). The molecule has 0 spiro atoms. The van der Waals surface area contributed by atoms with E-state index in [2.05, 4.69) is 35.0 Å². The molecular formula is C23H27N3O2S. The molecule has 0 saturated heterocycles. The third-order valence-electron chi connectivity index (χ3n) is 6.50. The lowest BCUT2D eigenvalue weighted by Gasteiger charge is -2.24. The molecule has 2 heterocycles. The SMILES string of the molecule is Cc1ccc2c(c1)NCCn1c-2c(C2CCCCC2)c2ccc(S(N)(=O)=O)cc21. The Hall–Kier alpha value is -2.31. The molecule has 1 fully saturated rings. The molecule has 2 aliphatic rings. The van der Waals surface area contributed by atoms with Crippen molar-refractivity contribution in [3.8, 4) is 11.3 Å². The first-order valence-electron chi connectivity index (χ1n) is 10.5. The van der Waals surface area contributed by atoms with Crippen LogP contribution in [0.1, 0.15) is 49.1 Å². The first-order chi connectivity index (χ1) is 13.9. The van der Waals surface area contributed by atoms with Gasteiger partial charge in [-0.15, -0.1) is 0 Å². The van der Waals surface area contributed by atoms with Crippen molar-refractivity contribution in [1.82, 2.24) is 4.57 Å². The Morgan fingerprint density at radius 2 is 1.86 bits per heavy atom. The standard InChI is InChI=1S/C23H27N3O2S/c1-15-7-9-18-20(13-15)25-11-12-26-21-14-17(29(24,27)28)8-10-19(21)22(23(18)26)16-5-3-2-4-6-16/h7-10,13-14,16,25H,2-6,11-12H2,1H3,(H2,24,27,28). The van der Waals surface area contributed by atoms with Crippen LogP contribution in [0.4, 0.5) is 5.69 Å². The monoisotopic (exact) mass is 409 g/mol. The smallest absolute Gasteiger partial charge is 0.238 e. The number of nitrogens with zero attached hydrogens (tertiary/aromatic N) is 1. The van der Waals surface area contributed by atoms with Crippen molar-refractivity contribution in [2.45, 2.75) is 56.4 Å². The van der Waals surface area contributed by atoms with Crippen molar-refractivity contribution in [3.63, 3.8) is 0 Å². The molecule has 1 aliphatic carbocycles. The number of anilines is 1. The van der Waals surface area contributed by atoms with Gasteiger partial charge in [-0.25, -0.2) is 13.6 Å². The zero-order chi connectivity index (χ0) is 20.2. The number of aromatic nitrogens is 1. The molecule has 152 valence electrons. The highest BCUT2D eigenvalue weighted by Crippen LogP contribution is 2.46. The van der Waals surface area contributed by atoms with Crippen LogP contribution in [0.15, 0.2) is 41.3 Å². The minimum absolute atomic E-state index is 0.182. The maximum Gasteiger partial charge on any atom is 0.238 e. The third kappa shape index (κ3) is 3.15. The van der Waals surface area contributed by atoms with E-state index in [1.54, 1.807) is 12.1 Å². The first-order valence-corrected chi connectivity index (χ1v) is 12.0. The molecular weight excluding hydrogens is 382 g/mol. The number of benzene rings is 2. The molecule has 3 aromatic rings. The van der Waals surface area contributed by atoms with Crippen molar-refractivity contribution < 1.29 is 8.42 Å². The summed E-state index contributed by atoms with van der Waals surface area (Å²) < 4.78 is 26.3. The first kappa shape index (κ1) is 18.7. The normalized spacial score (nSPS) is 17.4. The zero-order valence-corrected chi connectivity index (χ0v) is 17.6. The lowest BCUT2D eigenvalue weighted by molar-refractivity contribution is 0.445. The predicted molar refractivity (Wildman–Crippen MR) is 118 cm³/mol. The number of nitrogens with two attached hydrogens (primary N) is 1. The van der Waals surface area contributed by atoms with E-state index in [-0.39, 0.29) is 4.90 Å². The summed E-state index contributed by atoms with van der Waals surface area (Å²) in [6.45, 7) is 3.71. The molecule has 0 atom stereocenters. The van der Waals surface area contributed by atoms with Gasteiger partial charge in [-0.2, -0.15) is 0 Å². The van der Waals surface area contributed by atoms with E-state index in [1.807, 2.05) is 6.07 Å². The molecule has 2 aromatic carbocycles. The lowest BCUT2D eigenvalue weighted by atomic mass is 9.81. The van der Waals surface area contributed by atoms with Crippen LogP contribution in [0, 0.1) is 6.92 Å². The molecule has 3 N–H and O–H groups in total. The maximum atomic E-state index is 12.0. The largest absolute Gasteiger partial charge is 0.383 e. The van der Waals surface area contributed by atoms with Gasteiger partial charge in [0.2, 0.25) is 10.0 Å². The van der Waals surface area contributed by atoms with Crippen LogP contribution in [0.5, 0.6) is 0 Å². The summed E-state index contributed by atoms with van der Waals surface area (Å²) in [5.41, 5.74) is 7.21. The molecule has 5 nitrogen and oxygen atoms in total. The van der Waals surface area contributed by atoms with E-state index in [0.717, 1.165) is 24.3 Å². The fourth-order valence-electron chi connectivity index (χ4n) is 5.17. The number of primary sulfonamides is 1. The van der Waals surface area contributed by atoms with Crippen LogP contribution >= 0.6 is 0 Å². The summed E-state index contributed by atoms with van der Waals surface area (Å²) in [5.74, 6) is 0.509. The number of hydrogen-bond donors (Lipinski definition) is 2. The Morgan fingerprint density at radius 3 is 2.62 bits per heavy atom. The number of rotatable bonds is 2. The van der Waals surface area contributed by atoms with E-state index in [1.165, 1.54) is 59.9 Å². The van der Waals surface area contributed by atoms with E-state index < -0.39 is 10.0 Å². The van der Waals surface area contributed by atoms with Gasteiger partial charge >= 0.3 is 0 Å². The second-order valence-electron chi connectivity index (χ2n) is 8.45. The molecule has 0 bridgehead atoms. The summed E-state index contributed by atoms with van der Waals surface area (Å²) in [5, 5.41) is 10.2. The summed E-state index contributed by atoms with van der Waals surface area (Å²) in [7, 11) is -3.74. The van der Waals surface area contributed by atoms with Crippen molar-refractivity contribution in [3.05, 3.63) is 47.5 Å². The van der Waals surface area contributed by atoms with Crippen LogP contribution in [0.25, 0.3) is 22.2 Å². The maximum absolute atomic E-state index is 12.0. The number of fused-ring (bicyclic) bond motifs is 5. The average molecular weight is 410 g/mol. The molecule has 29 heavy (non-hydrogen) atoms. The summed E-state index contributed by atoms with van der Waals surface area (Å²) in [6, 6.07) is 12.0. The molecule has 1 aromatic heterocycles. The van der Waals surface area contributed by atoms with Crippen LogP contribution in [-0.4, -0.2) is 19.5 Å². The Bertz CT molecular complexity index is 1200. The summed E-state index contributed by atoms with van der Waals surface area (Å²) >= 11 is 0. The second kappa shape index (κ2) is 6.89.